The molecule has 0 bridgehead atoms. The molecule has 0 spiro atoms. The Morgan fingerprint density at radius 2 is 1.92 bits per heavy atom. The number of ether oxygens (including phenoxy) is 1. The SMILES string of the molecule is O=C1/C(=C/c2ccc(OCc3cscn3)cc2)CCc2ccccc21. The first kappa shape index (κ1) is 15.8. The molecule has 3 nitrogen and oxygen atoms in total. The molecule has 0 aliphatic heterocycles. The van der Waals surface area contributed by atoms with E-state index in [1.165, 1.54) is 0 Å². The number of hydrogen-bond donors (Lipinski definition) is 0. The highest BCUT2D eigenvalue weighted by molar-refractivity contribution is 7.07. The van der Waals surface area contributed by atoms with E-state index < -0.39 is 0 Å². The quantitative estimate of drug-likeness (QED) is 0.628. The van der Waals surface area contributed by atoms with E-state index in [9.17, 15) is 4.79 Å². The Bertz CT molecular complexity index is 911. The molecule has 0 atom stereocenters. The lowest BCUT2D eigenvalue weighted by Gasteiger charge is -2.17. The summed E-state index contributed by atoms with van der Waals surface area (Å²) in [6.07, 6.45) is 3.70. The van der Waals surface area contributed by atoms with Crippen LogP contribution in [-0.4, -0.2) is 10.8 Å². The fourth-order valence-corrected chi connectivity index (χ4v) is 3.52. The van der Waals surface area contributed by atoms with Crippen LogP contribution in [-0.2, 0) is 13.0 Å². The molecule has 25 heavy (non-hydrogen) atoms. The standard InChI is InChI=1S/C21H17NO2S/c23-21-17(8-7-16-3-1-2-4-20(16)21)11-15-5-9-19(10-6-15)24-12-18-13-25-14-22-18/h1-6,9-11,13-14H,7-8,12H2/b17-11+. The zero-order valence-electron chi connectivity index (χ0n) is 13.6. The van der Waals surface area contributed by atoms with Gasteiger partial charge in [-0.1, -0.05) is 36.4 Å². The van der Waals surface area contributed by atoms with Crippen LogP contribution < -0.4 is 4.74 Å². The van der Waals surface area contributed by atoms with Crippen molar-refractivity contribution in [3.63, 3.8) is 0 Å². The number of thiazole rings is 1. The van der Waals surface area contributed by atoms with Crippen molar-refractivity contribution in [3.8, 4) is 5.75 Å². The fraction of sp³-hybridized carbons (Fsp3) is 0.143. The van der Waals surface area contributed by atoms with Crippen LogP contribution in [0.2, 0.25) is 0 Å². The van der Waals surface area contributed by atoms with Crippen molar-refractivity contribution in [2.75, 3.05) is 0 Å². The van der Waals surface area contributed by atoms with Crippen LogP contribution in [0.1, 0.15) is 33.6 Å². The van der Waals surface area contributed by atoms with Crippen LogP contribution in [0.3, 0.4) is 0 Å². The minimum Gasteiger partial charge on any atom is -0.487 e. The van der Waals surface area contributed by atoms with Gasteiger partial charge in [0.15, 0.2) is 5.78 Å². The maximum atomic E-state index is 12.6. The van der Waals surface area contributed by atoms with E-state index in [2.05, 4.69) is 4.98 Å². The van der Waals surface area contributed by atoms with Gasteiger partial charge in [-0.05, 0) is 42.2 Å². The molecule has 0 radical (unpaired) electrons. The number of benzene rings is 2. The highest BCUT2D eigenvalue weighted by Gasteiger charge is 2.20. The first-order chi connectivity index (χ1) is 12.3. The van der Waals surface area contributed by atoms with Crippen LogP contribution >= 0.6 is 11.3 Å². The predicted molar refractivity (Wildman–Crippen MR) is 100.0 cm³/mol. The Labute approximate surface area is 150 Å². The Hall–Kier alpha value is -2.72. The Balaban J connectivity index is 1.47. The van der Waals surface area contributed by atoms with Gasteiger partial charge >= 0.3 is 0 Å². The van der Waals surface area contributed by atoms with Crippen molar-refractivity contribution in [2.24, 2.45) is 0 Å². The number of Topliss-reactive ketones (excluding diaryl/α,β-unsaturated/α-hetero) is 1. The molecule has 2 aromatic carbocycles. The van der Waals surface area contributed by atoms with Crippen LogP contribution in [0.15, 0.2) is 65.0 Å². The number of ketones is 1. The summed E-state index contributed by atoms with van der Waals surface area (Å²) < 4.78 is 5.72. The minimum absolute atomic E-state index is 0.144. The monoisotopic (exact) mass is 347 g/mol. The summed E-state index contributed by atoms with van der Waals surface area (Å²) in [7, 11) is 0. The van der Waals surface area contributed by atoms with Gasteiger partial charge in [0.05, 0.1) is 11.2 Å². The number of aromatic nitrogens is 1. The Morgan fingerprint density at radius 3 is 2.72 bits per heavy atom. The zero-order chi connectivity index (χ0) is 17.1. The van der Waals surface area contributed by atoms with Crippen molar-refractivity contribution in [2.45, 2.75) is 19.4 Å². The largest absolute Gasteiger partial charge is 0.487 e. The normalized spacial score (nSPS) is 15.2. The van der Waals surface area contributed by atoms with E-state index in [0.29, 0.717) is 6.61 Å². The molecular weight excluding hydrogens is 330 g/mol. The number of carbonyl (C=O) groups excluding carboxylic acids is 1. The molecular formula is C21H17NO2S. The molecule has 0 amide bonds. The van der Waals surface area contributed by atoms with Gasteiger partial charge in [0.2, 0.25) is 0 Å². The van der Waals surface area contributed by atoms with E-state index >= 15 is 0 Å². The van der Waals surface area contributed by atoms with E-state index in [1.807, 2.05) is 60.0 Å². The fourth-order valence-electron chi connectivity index (χ4n) is 2.98. The average molecular weight is 347 g/mol. The molecule has 4 rings (SSSR count). The van der Waals surface area contributed by atoms with Crippen LogP contribution in [0.4, 0.5) is 0 Å². The molecule has 0 N–H and O–H groups in total. The first-order valence-corrected chi connectivity index (χ1v) is 9.17. The Morgan fingerprint density at radius 1 is 1.08 bits per heavy atom. The second-order valence-electron chi connectivity index (χ2n) is 5.99. The van der Waals surface area contributed by atoms with Crippen molar-refractivity contribution < 1.29 is 9.53 Å². The summed E-state index contributed by atoms with van der Waals surface area (Å²) in [6.45, 7) is 0.471. The first-order valence-electron chi connectivity index (χ1n) is 8.23. The van der Waals surface area contributed by atoms with Gasteiger partial charge in [0.1, 0.15) is 12.4 Å². The van der Waals surface area contributed by atoms with Gasteiger partial charge < -0.3 is 4.74 Å². The summed E-state index contributed by atoms with van der Waals surface area (Å²) in [5, 5.41) is 1.98. The second kappa shape index (κ2) is 7.03. The summed E-state index contributed by atoms with van der Waals surface area (Å²) in [5.74, 6) is 0.946. The maximum Gasteiger partial charge on any atom is 0.189 e. The van der Waals surface area contributed by atoms with E-state index in [-0.39, 0.29) is 5.78 Å². The number of hydrogen-bond acceptors (Lipinski definition) is 4. The smallest absolute Gasteiger partial charge is 0.189 e. The minimum atomic E-state index is 0.144. The Kier molecular flexibility index (Phi) is 4.44. The van der Waals surface area contributed by atoms with Crippen molar-refractivity contribution >= 4 is 23.2 Å². The van der Waals surface area contributed by atoms with Gasteiger partial charge in [-0.25, -0.2) is 4.98 Å². The number of aryl methyl sites for hydroxylation is 1. The third-order valence-corrected chi connectivity index (χ3v) is 4.94. The second-order valence-corrected chi connectivity index (χ2v) is 6.71. The molecule has 0 saturated heterocycles. The highest BCUT2D eigenvalue weighted by Crippen LogP contribution is 2.27. The van der Waals surface area contributed by atoms with Crippen LogP contribution in [0, 0.1) is 0 Å². The number of allylic oxidation sites excluding steroid dienone is 1. The number of nitrogens with zero attached hydrogens (tertiary/aromatic N) is 1. The summed E-state index contributed by atoms with van der Waals surface area (Å²) >= 11 is 1.56. The lowest BCUT2D eigenvalue weighted by molar-refractivity contribution is 0.102. The lowest BCUT2D eigenvalue weighted by atomic mass is 9.86. The molecule has 0 saturated carbocycles. The number of carbonyl (C=O) groups is 1. The van der Waals surface area contributed by atoms with Gasteiger partial charge in [-0.2, -0.15) is 0 Å². The summed E-state index contributed by atoms with van der Waals surface area (Å²) in [6, 6.07) is 15.7. The topological polar surface area (TPSA) is 39.2 Å². The van der Waals surface area contributed by atoms with Gasteiger partial charge in [0, 0.05) is 16.5 Å². The van der Waals surface area contributed by atoms with E-state index in [4.69, 9.17) is 4.74 Å². The molecule has 4 heteroatoms. The van der Waals surface area contributed by atoms with Crippen LogP contribution in [0.5, 0.6) is 5.75 Å². The molecule has 1 aliphatic carbocycles. The molecule has 1 heterocycles. The third kappa shape index (κ3) is 3.54. The molecule has 0 unspecified atom stereocenters. The van der Waals surface area contributed by atoms with E-state index in [0.717, 1.165) is 46.5 Å². The van der Waals surface area contributed by atoms with Gasteiger partial charge in [-0.3, -0.25) is 4.79 Å². The highest BCUT2D eigenvalue weighted by atomic mass is 32.1. The lowest BCUT2D eigenvalue weighted by Crippen LogP contribution is -2.13. The molecule has 124 valence electrons. The number of fused-ring (bicyclic) bond motifs is 1. The summed E-state index contributed by atoms with van der Waals surface area (Å²) in [4.78, 5) is 16.8. The van der Waals surface area contributed by atoms with E-state index in [1.54, 1.807) is 16.8 Å². The molecule has 1 aliphatic rings. The van der Waals surface area contributed by atoms with Crippen molar-refractivity contribution in [1.29, 1.82) is 0 Å². The third-order valence-electron chi connectivity index (χ3n) is 4.31. The predicted octanol–water partition coefficient (Wildman–Crippen LogP) is 4.93. The van der Waals surface area contributed by atoms with Crippen molar-refractivity contribution in [1.82, 2.24) is 4.98 Å². The maximum absolute atomic E-state index is 12.6. The number of rotatable bonds is 4. The molecule has 3 aromatic rings. The molecule has 1 aromatic heterocycles. The average Bonchev–Trinajstić information content (AvgIpc) is 3.17. The van der Waals surface area contributed by atoms with Crippen molar-refractivity contribution in [3.05, 3.63) is 87.4 Å². The zero-order valence-corrected chi connectivity index (χ0v) is 14.5. The van der Waals surface area contributed by atoms with Gasteiger partial charge in [-0.15, -0.1) is 11.3 Å². The summed E-state index contributed by atoms with van der Waals surface area (Å²) in [5.41, 5.74) is 6.60. The van der Waals surface area contributed by atoms with Crippen LogP contribution in [0.25, 0.3) is 6.08 Å². The molecule has 0 fully saturated rings. The van der Waals surface area contributed by atoms with Gasteiger partial charge in [0.25, 0.3) is 0 Å².